The number of amides is 3. The Morgan fingerprint density at radius 1 is 1.08 bits per heavy atom. The van der Waals surface area contributed by atoms with Gasteiger partial charge in [-0.15, -0.1) is 0 Å². The molecule has 3 aliphatic rings. The first-order chi connectivity index (χ1) is 17.9. The van der Waals surface area contributed by atoms with Crippen LogP contribution in [0.3, 0.4) is 0 Å². The minimum absolute atomic E-state index is 0.0737. The third-order valence-electron chi connectivity index (χ3n) is 7.81. The predicted octanol–water partition coefficient (Wildman–Crippen LogP) is 1.81. The smallest absolute Gasteiger partial charge is 0.255 e. The molecule has 2 aromatic heterocycles. The van der Waals surface area contributed by atoms with E-state index in [0.29, 0.717) is 50.1 Å². The van der Waals surface area contributed by atoms with E-state index in [9.17, 15) is 18.8 Å². The molecule has 11 heteroatoms. The molecule has 1 aromatic carbocycles. The van der Waals surface area contributed by atoms with Gasteiger partial charge in [0.2, 0.25) is 5.91 Å². The van der Waals surface area contributed by atoms with Gasteiger partial charge in [-0.25, -0.2) is 9.37 Å². The van der Waals surface area contributed by atoms with Crippen molar-refractivity contribution in [3.8, 4) is 0 Å². The van der Waals surface area contributed by atoms with Crippen LogP contribution in [-0.4, -0.2) is 98.7 Å². The number of anilines is 1. The molecular formula is C26H28FN7O3. The zero-order valence-corrected chi connectivity index (χ0v) is 20.3. The van der Waals surface area contributed by atoms with Crippen molar-refractivity contribution >= 4 is 34.4 Å². The average molecular weight is 506 g/mol. The molecule has 37 heavy (non-hydrogen) atoms. The van der Waals surface area contributed by atoms with Crippen LogP contribution in [0.4, 0.5) is 10.1 Å². The number of fused-ring (bicyclic) bond motifs is 1. The van der Waals surface area contributed by atoms with Crippen LogP contribution in [0.15, 0.2) is 48.8 Å². The molecule has 3 aromatic rings. The molecule has 3 aliphatic heterocycles. The summed E-state index contributed by atoms with van der Waals surface area (Å²) in [5, 5.41) is 7.50. The van der Waals surface area contributed by atoms with E-state index in [4.69, 9.17) is 0 Å². The van der Waals surface area contributed by atoms with Crippen LogP contribution in [0.25, 0.3) is 11.0 Å². The van der Waals surface area contributed by atoms with Gasteiger partial charge in [0.25, 0.3) is 11.8 Å². The molecule has 1 atom stereocenters. The van der Waals surface area contributed by atoms with Crippen molar-refractivity contribution in [3.05, 3.63) is 54.4 Å². The van der Waals surface area contributed by atoms with Gasteiger partial charge in [0.05, 0.1) is 25.0 Å². The number of H-pyrrole nitrogens is 1. The number of rotatable bonds is 4. The quantitative estimate of drug-likeness (QED) is 0.580. The van der Waals surface area contributed by atoms with E-state index in [1.165, 1.54) is 11.1 Å². The summed E-state index contributed by atoms with van der Waals surface area (Å²) in [4.78, 5) is 51.1. The largest absolute Gasteiger partial charge is 0.339 e. The monoisotopic (exact) mass is 505 g/mol. The first-order valence-corrected chi connectivity index (χ1v) is 12.6. The van der Waals surface area contributed by atoms with Gasteiger partial charge < -0.3 is 19.6 Å². The molecule has 3 fully saturated rings. The Hall–Kier alpha value is -4.02. The molecule has 0 radical (unpaired) electrons. The lowest BCUT2D eigenvalue weighted by Gasteiger charge is -2.43. The summed E-state index contributed by atoms with van der Waals surface area (Å²) in [6.45, 7) is 1.47. The van der Waals surface area contributed by atoms with Crippen molar-refractivity contribution in [2.24, 2.45) is 0 Å². The van der Waals surface area contributed by atoms with Crippen LogP contribution >= 0.6 is 0 Å². The zero-order valence-electron chi connectivity index (χ0n) is 20.3. The number of piperidine rings is 1. The van der Waals surface area contributed by atoms with Crippen molar-refractivity contribution in [2.45, 2.75) is 31.0 Å². The number of hydrogen-bond acceptors (Lipinski definition) is 6. The van der Waals surface area contributed by atoms with Crippen molar-refractivity contribution in [1.29, 1.82) is 0 Å². The zero-order chi connectivity index (χ0) is 25.6. The normalized spacial score (nSPS) is 21.4. The van der Waals surface area contributed by atoms with Crippen molar-refractivity contribution in [3.63, 3.8) is 0 Å². The SMILES string of the molecule is O=C(CN1CN(c2ccccc2)C2(CCN(C(=O)c3cnc4[nH]ncc4c3)CC2)C1=O)N1CCC(F)C1. The van der Waals surface area contributed by atoms with Crippen LogP contribution in [0.1, 0.15) is 29.6 Å². The molecule has 1 N–H and O–H groups in total. The average Bonchev–Trinajstić information content (AvgIpc) is 3.64. The van der Waals surface area contributed by atoms with E-state index in [1.807, 2.05) is 30.3 Å². The number of alkyl halides is 1. The van der Waals surface area contributed by atoms with Crippen LogP contribution in [0.2, 0.25) is 0 Å². The van der Waals surface area contributed by atoms with Crippen LogP contribution < -0.4 is 4.90 Å². The fraction of sp³-hybridized carbons (Fsp3) is 0.423. The van der Waals surface area contributed by atoms with E-state index in [0.717, 1.165) is 11.1 Å². The Morgan fingerprint density at radius 2 is 1.86 bits per heavy atom. The lowest BCUT2D eigenvalue weighted by atomic mass is 9.85. The summed E-state index contributed by atoms with van der Waals surface area (Å²) in [5.41, 5.74) is 1.14. The van der Waals surface area contributed by atoms with Gasteiger partial charge in [-0.2, -0.15) is 5.10 Å². The third-order valence-corrected chi connectivity index (χ3v) is 7.81. The second kappa shape index (κ2) is 9.13. The highest BCUT2D eigenvalue weighted by atomic mass is 19.1. The molecule has 0 bridgehead atoms. The topological polar surface area (TPSA) is 106 Å². The number of benzene rings is 1. The van der Waals surface area contributed by atoms with Crippen LogP contribution in [-0.2, 0) is 9.59 Å². The van der Waals surface area contributed by atoms with E-state index >= 15 is 0 Å². The number of hydrogen-bond donors (Lipinski definition) is 1. The Morgan fingerprint density at radius 3 is 2.59 bits per heavy atom. The van der Waals surface area contributed by atoms with E-state index < -0.39 is 11.7 Å². The van der Waals surface area contributed by atoms with Gasteiger partial charge >= 0.3 is 0 Å². The second-order valence-corrected chi connectivity index (χ2v) is 9.99. The third kappa shape index (κ3) is 4.08. The van der Waals surface area contributed by atoms with Gasteiger partial charge in [0.1, 0.15) is 18.3 Å². The Labute approximate surface area is 213 Å². The summed E-state index contributed by atoms with van der Waals surface area (Å²) in [6, 6.07) is 11.4. The van der Waals surface area contributed by atoms with Crippen LogP contribution in [0.5, 0.6) is 0 Å². The van der Waals surface area contributed by atoms with Gasteiger partial charge in [0, 0.05) is 36.9 Å². The summed E-state index contributed by atoms with van der Waals surface area (Å²) in [7, 11) is 0. The summed E-state index contributed by atoms with van der Waals surface area (Å²) in [5.74, 6) is -0.480. The number of halogens is 1. The lowest BCUT2D eigenvalue weighted by Crippen LogP contribution is -2.57. The van der Waals surface area contributed by atoms with Gasteiger partial charge in [-0.05, 0) is 37.5 Å². The molecule has 3 saturated heterocycles. The fourth-order valence-corrected chi connectivity index (χ4v) is 5.75. The fourth-order valence-electron chi connectivity index (χ4n) is 5.75. The van der Waals surface area contributed by atoms with Crippen molar-refractivity contribution < 1.29 is 18.8 Å². The molecule has 10 nitrogen and oxygen atoms in total. The molecule has 0 saturated carbocycles. The summed E-state index contributed by atoms with van der Waals surface area (Å²) < 4.78 is 13.7. The number of aromatic nitrogens is 3. The number of nitrogens with one attached hydrogen (secondary N) is 1. The maximum Gasteiger partial charge on any atom is 0.255 e. The number of carbonyl (C=O) groups is 3. The number of likely N-dealkylation sites (tertiary alicyclic amines) is 2. The first-order valence-electron chi connectivity index (χ1n) is 12.6. The van der Waals surface area contributed by atoms with E-state index in [-0.39, 0.29) is 37.5 Å². The summed E-state index contributed by atoms with van der Waals surface area (Å²) >= 11 is 0. The standard InChI is InChI=1S/C26H28FN7O3/c27-20-6-9-32(15-20)22(35)16-33-17-34(21-4-2-1-3-5-21)26(25(33)37)7-10-31(11-8-26)24(36)19-12-18-14-29-30-23(18)28-13-19/h1-5,12-14,20H,6-11,15-17H2,(H,28,29,30). The number of pyridine rings is 1. The minimum atomic E-state index is -1.00. The molecule has 6 rings (SSSR count). The summed E-state index contributed by atoms with van der Waals surface area (Å²) in [6.07, 6.45) is 3.39. The molecule has 1 unspecified atom stereocenters. The van der Waals surface area contributed by atoms with Gasteiger partial charge in [-0.1, -0.05) is 18.2 Å². The molecular weight excluding hydrogens is 477 g/mol. The number of aromatic amines is 1. The Balaban J connectivity index is 1.21. The van der Waals surface area contributed by atoms with Crippen molar-refractivity contribution in [1.82, 2.24) is 29.9 Å². The Kier molecular flexibility index (Phi) is 5.77. The molecule has 192 valence electrons. The Bertz CT molecular complexity index is 1340. The second-order valence-electron chi connectivity index (χ2n) is 9.99. The minimum Gasteiger partial charge on any atom is -0.339 e. The van der Waals surface area contributed by atoms with Gasteiger partial charge in [-0.3, -0.25) is 19.5 Å². The maximum absolute atomic E-state index is 13.9. The lowest BCUT2D eigenvalue weighted by molar-refractivity contribution is -0.140. The van der Waals surface area contributed by atoms with Gasteiger partial charge in [0.15, 0.2) is 5.65 Å². The van der Waals surface area contributed by atoms with Crippen molar-refractivity contribution in [2.75, 3.05) is 44.3 Å². The molecule has 3 amide bonds. The molecule has 5 heterocycles. The number of para-hydroxylation sites is 1. The highest BCUT2D eigenvalue weighted by Gasteiger charge is 2.54. The number of carbonyl (C=O) groups excluding carboxylic acids is 3. The van der Waals surface area contributed by atoms with E-state index in [1.54, 1.807) is 22.1 Å². The maximum atomic E-state index is 13.9. The highest BCUT2D eigenvalue weighted by Crippen LogP contribution is 2.39. The first kappa shape index (κ1) is 23.4. The number of nitrogens with zero attached hydrogens (tertiary/aromatic N) is 6. The van der Waals surface area contributed by atoms with Crippen LogP contribution in [0, 0.1) is 0 Å². The predicted molar refractivity (Wildman–Crippen MR) is 133 cm³/mol. The molecule has 1 spiro atoms. The van der Waals surface area contributed by atoms with E-state index in [2.05, 4.69) is 20.1 Å². The highest BCUT2D eigenvalue weighted by molar-refractivity contribution is 5.98. The molecule has 0 aliphatic carbocycles.